The molecule has 0 fully saturated rings. The van der Waals surface area contributed by atoms with Crippen molar-refractivity contribution in [1.82, 2.24) is 20.0 Å². The monoisotopic (exact) mass is 801 g/mol. The summed E-state index contributed by atoms with van der Waals surface area (Å²) in [5.41, 5.74) is 5.18. The van der Waals surface area contributed by atoms with Gasteiger partial charge in [-0.3, -0.25) is 15.1 Å². The van der Waals surface area contributed by atoms with Crippen LogP contribution in [0.15, 0.2) is 69.9 Å². The van der Waals surface area contributed by atoms with Crippen LogP contribution in [0, 0.1) is 5.41 Å². The average Bonchev–Trinajstić information content (AvgIpc) is 3.66. The summed E-state index contributed by atoms with van der Waals surface area (Å²) in [4.78, 5) is 36.9. The molecule has 4 N–H and O–H groups in total. The molecule has 0 saturated heterocycles. The third-order valence-corrected chi connectivity index (χ3v) is 8.74. The van der Waals surface area contributed by atoms with Gasteiger partial charge in [-0.1, -0.05) is 62.7 Å². The van der Waals surface area contributed by atoms with E-state index in [1.165, 1.54) is 24.4 Å². The van der Waals surface area contributed by atoms with Crippen LogP contribution in [-0.4, -0.2) is 69.4 Å². The second kappa shape index (κ2) is 16.3. The lowest BCUT2D eigenvalue weighted by Gasteiger charge is -2.35. The SMILES string of the molecule is CC(=N/C=N\Nc1cc([C@@H](COC(=O)NC(C)(C)C(F)(F)F)N2C(=O)[C@@](CC(C)(C)C)(c3ccc(-c4cnn(C(F)F)c4)cc3)N=C2N)ccc1Cl)C(F)F. The van der Waals surface area contributed by atoms with E-state index in [1.54, 1.807) is 29.6 Å². The molecule has 1 aliphatic rings. The number of nitrogens with zero attached hydrogens (tertiary/aromatic N) is 6. The molecule has 3 aromatic rings. The number of carbonyl (C=O) groups is 2. The zero-order valence-electron chi connectivity index (χ0n) is 30.4. The van der Waals surface area contributed by atoms with Gasteiger partial charge in [-0.15, -0.1) is 0 Å². The van der Waals surface area contributed by atoms with Crippen molar-refractivity contribution in [2.24, 2.45) is 26.2 Å². The molecule has 298 valence electrons. The average molecular weight is 802 g/mol. The van der Waals surface area contributed by atoms with Crippen LogP contribution in [-0.2, 0) is 15.1 Å². The van der Waals surface area contributed by atoms with Crippen molar-refractivity contribution in [3.63, 3.8) is 0 Å². The molecule has 2 atom stereocenters. The number of hydrogen-bond acceptors (Lipinski definition) is 8. The van der Waals surface area contributed by atoms with E-state index >= 15 is 0 Å². The number of ether oxygens (including phenoxy) is 1. The minimum Gasteiger partial charge on any atom is -0.447 e. The molecule has 20 heteroatoms. The van der Waals surface area contributed by atoms with Crippen LogP contribution in [0.2, 0.25) is 5.02 Å². The molecule has 0 radical (unpaired) electrons. The molecule has 55 heavy (non-hydrogen) atoms. The van der Waals surface area contributed by atoms with Gasteiger partial charge in [0.15, 0.2) is 11.5 Å². The van der Waals surface area contributed by atoms with Crippen molar-refractivity contribution >= 4 is 47.3 Å². The highest BCUT2D eigenvalue weighted by atomic mass is 35.5. The number of guanidine groups is 1. The highest BCUT2D eigenvalue weighted by Gasteiger charge is 2.53. The first-order valence-corrected chi connectivity index (χ1v) is 16.9. The number of anilines is 1. The summed E-state index contributed by atoms with van der Waals surface area (Å²) in [7, 11) is 0. The molecule has 2 heterocycles. The quantitative estimate of drug-likeness (QED) is 0.0685. The number of benzene rings is 2. The van der Waals surface area contributed by atoms with E-state index in [0.717, 1.165) is 38.2 Å². The van der Waals surface area contributed by atoms with Crippen molar-refractivity contribution in [3.05, 3.63) is 71.0 Å². The molecule has 12 nitrogen and oxygen atoms in total. The minimum atomic E-state index is -4.84. The lowest BCUT2D eigenvalue weighted by atomic mass is 9.75. The van der Waals surface area contributed by atoms with E-state index in [9.17, 15) is 40.3 Å². The van der Waals surface area contributed by atoms with Gasteiger partial charge in [-0.05, 0) is 61.4 Å². The number of alkyl halides is 7. The van der Waals surface area contributed by atoms with Gasteiger partial charge in [0.25, 0.3) is 12.3 Å². The van der Waals surface area contributed by atoms with Crippen LogP contribution in [0.3, 0.4) is 0 Å². The summed E-state index contributed by atoms with van der Waals surface area (Å²) in [5, 5.41) is 9.29. The van der Waals surface area contributed by atoms with Crippen LogP contribution in [0.25, 0.3) is 11.1 Å². The lowest BCUT2D eigenvalue weighted by molar-refractivity contribution is -0.183. The Kier molecular flexibility index (Phi) is 12.6. The number of alkyl carbamates (subject to hydrolysis) is 1. The molecule has 0 saturated carbocycles. The topological polar surface area (TPSA) is 152 Å². The predicted octanol–water partition coefficient (Wildman–Crippen LogP) is 8.28. The second-order valence-electron chi connectivity index (χ2n) is 14.3. The first-order chi connectivity index (χ1) is 25.5. The molecule has 2 amide bonds. The molecule has 0 spiro atoms. The summed E-state index contributed by atoms with van der Waals surface area (Å²) in [6, 6.07) is 9.29. The van der Waals surface area contributed by atoms with Crippen LogP contribution in [0.5, 0.6) is 0 Å². The Bertz CT molecular complexity index is 1960. The first-order valence-electron chi connectivity index (χ1n) is 16.5. The first kappa shape index (κ1) is 42.5. The normalized spacial score (nSPS) is 17.7. The summed E-state index contributed by atoms with van der Waals surface area (Å²) in [5.74, 6) is -0.998. The fraction of sp³-hybridized carbons (Fsp3) is 0.429. The fourth-order valence-electron chi connectivity index (χ4n) is 5.55. The van der Waals surface area contributed by atoms with Gasteiger partial charge in [0, 0.05) is 11.8 Å². The maximum Gasteiger partial charge on any atom is 0.411 e. The molecule has 1 aromatic heterocycles. The van der Waals surface area contributed by atoms with Crippen LogP contribution in [0.4, 0.5) is 41.2 Å². The van der Waals surface area contributed by atoms with Gasteiger partial charge >= 0.3 is 18.8 Å². The third-order valence-electron chi connectivity index (χ3n) is 8.41. The van der Waals surface area contributed by atoms with E-state index in [2.05, 4.69) is 25.6 Å². The van der Waals surface area contributed by atoms with Gasteiger partial charge in [0.1, 0.15) is 18.5 Å². The lowest BCUT2D eigenvalue weighted by Crippen LogP contribution is -2.54. The maximum absolute atomic E-state index is 14.8. The van der Waals surface area contributed by atoms with E-state index < -0.39 is 66.0 Å². The van der Waals surface area contributed by atoms with Crippen molar-refractivity contribution in [1.29, 1.82) is 0 Å². The van der Waals surface area contributed by atoms with Gasteiger partial charge in [-0.25, -0.2) is 28.2 Å². The smallest absolute Gasteiger partial charge is 0.411 e. The zero-order valence-corrected chi connectivity index (χ0v) is 31.2. The molecular weight excluding hydrogens is 763 g/mol. The number of hydrazone groups is 1. The number of rotatable bonds is 13. The van der Waals surface area contributed by atoms with E-state index in [0.29, 0.717) is 21.4 Å². The molecule has 4 rings (SSSR count). The second-order valence-corrected chi connectivity index (χ2v) is 14.7. The Morgan fingerprint density at radius 2 is 1.71 bits per heavy atom. The number of amides is 2. The summed E-state index contributed by atoms with van der Waals surface area (Å²) in [6.07, 6.45) is -5.77. The van der Waals surface area contributed by atoms with Crippen molar-refractivity contribution in [3.8, 4) is 11.1 Å². The number of aromatic nitrogens is 2. The Morgan fingerprint density at radius 3 is 2.27 bits per heavy atom. The molecule has 0 aliphatic carbocycles. The van der Waals surface area contributed by atoms with Gasteiger partial charge in [0.05, 0.1) is 28.7 Å². The number of carbonyl (C=O) groups excluding carboxylic acids is 2. The fourth-order valence-corrected chi connectivity index (χ4v) is 5.71. The highest BCUT2D eigenvalue weighted by Crippen LogP contribution is 2.45. The Hall–Kier alpha value is -5.20. The number of halogens is 8. The highest BCUT2D eigenvalue weighted by molar-refractivity contribution is 6.33. The largest absolute Gasteiger partial charge is 0.447 e. The van der Waals surface area contributed by atoms with Crippen LogP contribution < -0.4 is 16.5 Å². The Balaban J connectivity index is 1.77. The van der Waals surface area contributed by atoms with E-state index in [4.69, 9.17) is 22.1 Å². The van der Waals surface area contributed by atoms with E-state index in [1.807, 2.05) is 20.8 Å². The van der Waals surface area contributed by atoms with Gasteiger partial charge in [0.2, 0.25) is 0 Å². The minimum absolute atomic E-state index is 0.0791. The standard InChI is InChI=1S/C35H39ClF7N9O3/c1-19(27(37)38)45-18-46-50-25-13-21(9-12-24(25)36)26(16-55-31(54)49-33(5,6)35(41,42)43)52-28(53)34(48-30(52)44,17-32(2,3)4)23-10-7-20(8-11-23)22-14-47-51(15-22)29(39)40/h7-15,18,26-27,29,50H,16-17H2,1-6H3,(H2,44,48)(H,49,54)/b45-19?,46-18-/t26-,34-/m1/s1. The molecule has 0 unspecified atom stereocenters. The number of hydrogen-bond donors (Lipinski definition) is 3. The van der Waals surface area contributed by atoms with E-state index in [-0.39, 0.29) is 28.7 Å². The number of nitrogens with two attached hydrogens (primary N) is 1. The summed E-state index contributed by atoms with van der Waals surface area (Å²) in [6.45, 7) is 4.58. The zero-order chi connectivity index (χ0) is 41.1. The maximum atomic E-state index is 14.8. The Labute approximate surface area is 316 Å². The van der Waals surface area contributed by atoms with Crippen LogP contribution in [0.1, 0.15) is 71.7 Å². The molecule has 2 aromatic carbocycles. The summed E-state index contributed by atoms with van der Waals surface area (Å²) < 4.78 is 98.5. The number of aliphatic imine (C=N–C) groups is 2. The molecule has 0 bridgehead atoms. The van der Waals surface area contributed by atoms with Crippen molar-refractivity contribution < 1.29 is 45.1 Å². The van der Waals surface area contributed by atoms with Gasteiger partial charge < -0.3 is 15.8 Å². The van der Waals surface area contributed by atoms with Crippen molar-refractivity contribution in [2.75, 3.05) is 12.0 Å². The van der Waals surface area contributed by atoms with Crippen molar-refractivity contribution in [2.45, 2.75) is 84.2 Å². The Morgan fingerprint density at radius 1 is 1.05 bits per heavy atom. The number of nitrogens with one attached hydrogen (secondary N) is 2. The summed E-state index contributed by atoms with van der Waals surface area (Å²) >= 11 is 6.36. The third kappa shape index (κ3) is 9.92. The molecular formula is C35H39ClF7N9O3. The van der Waals surface area contributed by atoms with Gasteiger partial charge in [-0.2, -0.15) is 32.2 Å². The molecule has 1 aliphatic heterocycles. The van der Waals surface area contributed by atoms with Crippen LogP contribution >= 0.6 is 11.6 Å². The predicted molar refractivity (Wildman–Crippen MR) is 193 cm³/mol.